The van der Waals surface area contributed by atoms with E-state index in [1.165, 1.54) is 32.4 Å². The monoisotopic (exact) mass is 368 g/mol. The van der Waals surface area contributed by atoms with E-state index in [1.807, 2.05) is 13.0 Å². The molecule has 2 rings (SSSR count). The number of sulfonamides is 1. The lowest BCUT2D eigenvalue weighted by atomic mass is 10.1. The molecule has 0 aliphatic heterocycles. The maximum absolute atomic E-state index is 12.6. The Morgan fingerprint density at radius 2 is 1.92 bits per heavy atom. The van der Waals surface area contributed by atoms with E-state index in [-0.39, 0.29) is 16.2 Å². The molecule has 6 nitrogen and oxygen atoms in total. The lowest BCUT2D eigenvalue weighted by Crippen LogP contribution is -2.20. The number of hydrogen-bond acceptors (Lipinski definition) is 4. The number of amides is 1. The van der Waals surface area contributed by atoms with Gasteiger partial charge >= 0.3 is 0 Å². The molecule has 0 heterocycles. The Bertz CT molecular complexity index is 882. The quantitative estimate of drug-likeness (QED) is 0.849. The number of carbonyl (C=O) groups excluding carboxylic acids is 1. The number of ether oxygens (including phenoxy) is 1. The second kappa shape index (κ2) is 7.21. The number of carbonyl (C=O) groups is 1. The standard InChI is InChI=1S/C16H17ClN2O4S/c1-10-5-4-6-13(15(10)17)19-16(20)12-9-11(24(21,22)18-2)7-8-14(12)23-3/h4-9,18H,1-3H3,(H,19,20). The number of rotatable bonds is 5. The van der Waals surface area contributed by atoms with Crippen LogP contribution in [0.25, 0.3) is 0 Å². The van der Waals surface area contributed by atoms with Gasteiger partial charge in [0.2, 0.25) is 10.0 Å². The highest BCUT2D eigenvalue weighted by Gasteiger charge is 2.19. The van der Waals surface area contributed by atoms with Gasteiger partial charge < -0.3 is 10.1 Å². The largest absolute Gasteiger partial charge is 0.496 e. The highest BCUT2D eigenvalue weighted by Crippen LogP contribution is 2.28. The zero-order valence-electron chi connectivity index (χ0n) is 13.4. The fraction of sp³-hybridized carbons (Fsp3) is 0.188. The SMILES string of the molecule is CNS(=O)(=O)c1ccc(OC)c(C(=O)Nc2cccc(C)c2Cl)c1. The molecule has 1 amide bonds. The molecule has 128 valence electrons. The minimum Gasteiger partial charge on any atom is -0.496 e. The second-order valence-electron chi connectivity index (χ2n) is 4.96. The van der Waals surface area contributed by atoms with Crippen molar-refractivity contribution in [2.45, 2.75) is 11.8 Å². The van der Waals surface area contributed by atoms with E-state index >= 15 is 0 Å². The van der Waals surface area contributed by atoms with Gasteiger partial charge in [0.25, 0.3) is 5.91 Å². The fourth-order valence-corrected chi connectivity index (χ4v) is 3.01. The average molecular weight is 369 g/mol. The zero-order chi connectivity index (χ0) is 17.9. The fourth-order valence-electron chi connectivity index (χ4n) is 2.08. The van der Waals surface area contributed by atoms with Gasteiger partial charge in [-0.25, -0.2) is 13.1 Å². The number of methoxy groups -OCH3 is 1. The molecule has 0 atom stereocenters. The number of hydrogen-bond donors (Lipinski definition) is 2. The summed E-state index contributed by atoms with van der Waals surface area (Å²) < 4.78 is 31.2. The van der Waals surface area contributed by atoms with E-state index in [1.54, 1.807) is 12.1 Å². The Morgan fingerprint density at radius 1 is 1.21 bits per heavy atom. The molecule has 0 radical (unpaired) electrons. The van der Waals surface area contributed by atoms with Gasteiger partial charge in [-0.15, -0.1) is 0 Å². The topological polar surface area (TPSA) is 84.5 Å². The van der Waals surface area contributed by atoms with Crippen molar-refractivity contribution in [2.24, 2.45) is 0 Å². The molecule has 0 aliphatic rings. The summed E-state index contributed by atoms with van der Waals surface area (Å²) >= 11 is 6.17. The molecule has 2 aromatic rings. The van der Waals surface area contributed by atoms with Crippen LogP contribution in [0.2, 0.25) is 5.02 Å². The van der Waals surface area contributed by atoms with Crippen molar-refractivity contribution in [1.29, 1.82) is 0 Å². The van der Waals surface area contributed by atoms with Crippen LogP contribution in [0, 0.1) is 6.92 Å². The molecular weight excluding hydrogens is 352 g/mol. The molecule has 2 aromatic carbocycles. The van der Waals surface area contributed by atoms with E-state index in [9.17, 15) is 13.2 Å². The Labute approximate surface area is 145 Å². The number of aryl methyl sites for hydroxylation is 1. The summed E-state index contributed by atoms with van der Waals surface area (Å²) in [5.74, 6) is -0.265. The van der Waals surface area contributed by atoms with Crippen LogP contribution in [0.4, 0.5) is 5.69 Å². The van der Waals surface area contributed by atoms with Crippen LogP contribution in [0.15, 0.2) is 41.3 Å². The van der Waals surface area contributed by atoms with Crippen molar-refractivity contribution < 1.29 is 17.9 Å². The molecule has 0 bridgehead atoms. The van der Waals surface area contributed by atoms with Crippen LogP contribution < -0.4 is 14.8 Å². The number of anilines is 1. The summed E-state index contributed by atoms with van der Waals surface area (Å²) in [7, 11) is -0.980. The molecule has 8 heteroatoms. The first-order valence-electron chi connectivity index (χ1n) is 6.98. The molecule has 0 fully saturated rings. The molecule has 0 saturated heterocycles. The number of halogens is 1. The third-order valence-corrected chi connectivity index (χ3v) is 5.35. The Kier molecular flexibility index (Phi) is 5.48. The van der Waals surface area contributed by atoms with Crippen LogP contribution in [-0.2, 0) is 10.0 Å². The van der Waals surface area contributed by atoms with Gasteiger partial charge in [0, 0.05) is 0 Å². The van der Waals surface area contributed by atoms with Crippen LogP contribution >= 0.6 is 11.6 Å². The summed E-state index contributed by atoms with van der Waals surface area (Å²) in [6, 6.07) is 9.28. The van der Waals surface area contributed by atoms with Gasteiger partial charge in [0.15, 0.2) is 0 Å². The minimum atomic E-state index is -3.68. The maximum Gasteiger partial charge on any atom is 0.259 e. The minimum absolute atomic E-state index is 0.0358. The van der Waals surface area contributed by atoms with Gasteiger partial charge in [0.1, 0.15) is 5.75 Å². The molecule has 2 N–H and O–H groups in total. The van der Waals surface area contributed by atoms with Crippen LogP contribution in [0.5, 0.6) is 5.75 Å². The molecule has 0 spiro atoms. The van der Waals surface area contributed by atoms with Crippen molar-refractivity contribution in [3.63, 3.8) is 0 Å². The molecule has 24 heavy (non-hydrogen) atoms. The zero-order valence-corrected chi connectivity index (χ0v) is 15.0. The van der Waals surface area contributed by atoms with E-state index in [0.29, 0.717) is 10.7 Å². The van der Waals surface area contributed by atoms with E-state index in [4.69, 9.17) is 16.3 Å². The van der Waals surface area contributed by atoms with Crippen molar-refractivity contribution >= 4 is 33.2 Å². The van der Waals surface area contributed by atoms with Gasteiger partial charge in [-0.2, -0.15) is 0 Å². The summed E-state index contributed by atoms with van der Waals surface area (Å²) in [5.41, 5.74) is 1.34. The lowest BCUT2D eigenvalue weighted by molar-refractivity contribution is 0.102. The maximum atomic E-state index is 12.6. The van der Waals surface area contributed by atoms with Gasteiger partial charge in [-0.1, -0.05) is 23.7 Å². The van der Waals surface area contributed by atoms with Crippen molar-refractivity contribution in [2.75, 3.05) is 19.5 Å². The van der Waals surface area contributed by atoms with Crippen molar-refractivity contribution in [3.8, 4) is 5.75 Å². The summed E-state index contributed by atoms with van der Waals surface area (Å²) in [5, 5.41) is 3.09. The van der Waals surface area contributed by atoms with Crippen LogP contribution in [-0.4, -0.2) is 28.5 Å². The third-order valence-electron chi connectivity index (χ3n) is 3.43. The van der Waals surface area contributed by atoms with E-state index in [2.05, 4.69) is 10.0 Å². The molecule has 0 aromatic heterocycles. The first-order chi connectivity index (χ1) is 11.3. The van der Waals surface area contributed by atoms with Crippen molar-refractivity contribution in [3.05, 3.63) is 52.5 Å². The van der Waals surface area contributed by atoms with Gasteiger partial charge in [-0.05, 0) is 43.8 Å². The summed E-state index contributed by atoms with van der Waals surface area (Å²) in [6.07, 6.45) is 0. The average Bonchev–Trinajstić information content (AvgIpc) is 2.58. The second-order valence-corrected chi connectivity index (χ2v) is 7.22. The highest BCUT2D eigenvalue weighted by molar-refractivity contribution is 7.89. The number of benzene rings is 2. The third kappa shape index (κ3) is 3.69. The van der Waals surface area contributed by atoms with E-state index < -0.39 is 15.9 Å². The first kappa shape index (κ1) is 18.3. The van der Waals surface area contributed by atoms with Crippen LogP contribution in [0.1, 0.15) is 15.9 Å². The van der Waals surface area contributed by atoms with Crippen molar-refractivity contribution in [1.82, 2.24) is 4.72 Å². The Balaban J connectivity index is 2.44. The molecule has 0 aliphatic carbocycles. The molecular formula is C16H17ClN2O4S. The van der Waals surface area contributed by atoms with Gasteiger partial charge in [-0.3, -0.25) is 4.79 Å². The first-order valence-corrected chi connectivity index (χ1v) is 8.84. The smallest absolute Gasteiger partial charge is 0.259 e. The predicted molar refractivity (Wildman–Crippen MR) is 93.4 cm³/mol. The highest BCUT2D eigenvalue weighted by atomic mass is 35.5. The molecule has 0 saturated carbocycles. The van der Waals surface area contributed by atoms with E-state index in [0.717, 1.165) is 5.56 Å². The Hall–Kier alpha value is -2.09. The van der Waals surface area contributed by atoms with Gasteiger partial charge in [0.05, 0.1) is 28.3 Å². The normalized spacial score (nSPS) is 11.2. The number of nitrogens with one attached hydrogen (secondary N) is 2. The van der Waals surface area contributed by atoms with Crippen LogP contribution in [0.3, 0.4) is 0 Å². The predicted octanol–water partition coefficient (Wildman–Crippen LogP) is 2.82. The Morgan fingerprint density at radius 3 is 2.54 bits per heavy atom. The summed E-state index contributed by atoms with van der Waals surface area (Å²) in [6.45, 7) is 1.82. The molecule has 0 unspecified atom stereocenters. The lowest BCUT2D eigenvalue weighted by Gasteiger charge is -2.13. The summed E-state index contributed by atoms with van der Waals surface area (Å²) in [4.78, 5) is 12.5.